The van der Waals surface area contributed by atoms with Crippen molar-refractivity contribution < 1.29 is 4.74 Å². The number of hydrogen-bond acceptors (Lipinski definition) is 3. The molecule has 0 N–H and O–H groups in total. The van der Waals surface area contributed by atoms with E-state index >= 15 is 0 Å². The van der Waals surface area contributed by atoms with Gasteiger partial charge in [0.1, 0.15) is 0 Å². The number of rotatable bonds is 9. The van der Waals surface area contributed by atoms with Crippen molar-refractivity contribution in [3.05, 3.63) is 0 Å². The molecule has 0 aliphatic carbocycles. The van der Waals surface area contributed by atoms with Crippen molar-refractivity contribution in [2.75, 3.05) is 44.9 Å². The van der Waals surface area contributed by atoms with E-state index in [1.165, 1.54) is 57.5 Å². The minimum absolute atomic E-state index is 0.821. The molecule has 1 aliphatic heterocycles. The molecule has 0 spiro atoms. The van der Waals surface area contributed by atoms with Gasteiger partial charge < -0.3 is 9.64 Å². The largest absolute Gasteiger partial charge is 0.381 e. The molecule has 0 bridgehead atoms. The lowest BCUT2D eigenvalue weighted by Gasteiger charge is -2.31. The Morgan fingerprint density at radius 2 is 2.00 bits per heavy atom. The number of likely N-dealkylation sites (tertiary alicyclic amines) is 1. The average Bonchev–Trinajstić information content (AvgIpc) is 2.37. The zero-order chi connectivity index (χ0) is 12.3. The highest BCUT2D eigenvalue weighted by Gasteiger charge is 2.18. The fraction of sp³-hybridized carbons (Fsp3) is 1.00. The SMILES string of the molecule is CCCCCOCC1CCN(CCSC)CC1. The van der Waals surface area contributed by atoms with E-state index in [-0.39, 0.29) is 0 Å². The number of unbranched alkanes of at least 4 members (excludes halogenated alkanes) is 2. The lowest BCUT2D eigenvalue weighted by molar-refractivity contribution is 0.0664. The van der Waals surface area contributed by atoms with Crippen LogP contribution in [0.5, 0.6) is 0 Å². The van der Waals surface area contributed by atoms with Crippen molar-refractivity contribution in [3.8, 4) is 0 Å². The first kappa shape index (κ1) is 15.3. The molecule has 0 aromatic rings. The zero-order valence-corrected chi connectivity index (χ0v) is 12.4. The van der Waals surface area contributed by atoms with Crippen LogP contribution in [0.3, 0.4) is 0 Å². The predicted octanol–water partition coefficient (Wildman–Crippen LogP) is 3.27. The van der Waals surface area contributed by atoms with Gasteiger partial charge in [0.25, 0.3) is 0 Å². The van der Waals surface area contributed by atoms with Gasteiger partial charge in [-0.3, -0.25) is 0 Å². The maximum absolute atomic E-state index is 5.77. The van der Waals surface area contributed by atoms with Gasteiger partial charge in [0.05, 0.1) is 0 Å². The Hall–Kier alpha value is 0.270. The van der Waals surface area contributed by atoms with E-state index in [4.69, 9.17) is 4.74 Å². The van der Waals surface area contributed by atoms with Gasteiger partial charge in [-0.25, -0.2) is 0 Å². The lowest BCUT2D eigenvalue weighted by atomic mass is 9.98. The Labute approximate surface area is 111 Å². The molecule has 0 unspecified atom stereocenters. The van der Waals surface area contributed by atoms with E-state index in [0.717, 1.165) is 19.1 Å². The zero-order valence-electron chi connectivity index (χ0n) is 11.6. The molecule has 102 valence electrons. The maximum Gasteiger partial charge on any atom is 0.0495 e. The van der Waals surface area contributed by atoms with Gasteiger partial charge in [-0.2, -0.15) is 11.8 Å². The van der Waals surface area contributed by atoms with Crippen LogP contribution in [-0.4, -0.2) is 49.8 Å². The van der Waals surface area contributed by atoms with E-state index in [2.05, 4.69) is 18.1 Å². The minimum Gasteiger partial charge on any atom is -0.381 e. The standard InChI is InChI=1S/C14H29NOS/c1-3-4-5-11-16-13-14-6-8-15(9-7-14)10-12-17-2/h14H,3-13H2,1-2H3. The van der Waals surface area contributed by atoms with E-state index in [1.807, 2.05) is 11.8 Å². The Bertz CT molecular complexity index is 167. The van der Waals surface area contributed by atoms with Crippen molar-refractivity contribution in [3.63, 3.8) is 0 Å². The smallest absolute Gasteiger partial charge is 0.0495 e. The molecule has 0 saturated carbocycles. The van der Waals surface area contributed by atoms with Gasteiger partial charge in [0.2, 0.25) is 0 Å². The van der Waals surface area contributed by atoms with E-state index < -0.39 is 0 Å². The van der Waals surface area contributed by atoms with E-state index in [0.29, 0.717) is 0 Å². The predicted molar refractivity (Wildman–Crippen MR) is 77.9 cm³/mol. The van der Waals surface area contributed by atoms with Crippen LogP contribution in [-0.2, 0) is 4.74 Å². The molecule has 1 heterocycles. The Kier molecular flexibility index (Phi) is 9.21. The van der Waals surface area contributed by atoms with Crippen molar-refractivity contribution in [2.24, 2.45) is 5.92 Å². The molecule has 0 aromatic carbocycles. The number of piperidine rings is 1. The fourth-order valence-electron chi connectivity index (χ4n) is 2.30. The number of nitrogens with zero attached hydrogens (tertiary/aromatic N) is 1. The molecule has 0 amide bonds. The monoisotopic (exact) mass is 259 g/mol. The molecule has 1 fully saturated rings. The summed E-state index contributed by atoms with van der Waals surface area (Å²) in [5, 5.41) is 0. The van der Waals surface area contributed by atoms with E-state index in [9.17, 15) is 0 Å². The first-order valence-corrected chi connectivity index (χ1v) is 8.55. The number of ether oxygens (including phenoxy) is 1. The van der Waals surface area contributed by atoms with Gasteiger partial charge in [-0.05, 0) is 44.5 Å². The molecule has 3 heteroatoms. The quantitative estimate of drug-likeness (QED) is 0.590. The Balaban J connectivity index is 1.95. The summed E-state index contributed by atoms with van der Waals surface area (Å²) in [6.45, 7) is 8.04. The molecule has 17 heavy (non-hydrogen) atoms. The highest BCUT2D eigenvalue weighted by atomic mass is 32.2. The van der Waals surface area contributed by atoms with Crippen molar-refractivity contribution in [2.45, 2.75) is 39.0 Å². The third kappa shape index (κ3) is 7.32. The van der Waals surface area contributed by atoms with Gasteiger partial charge in [-0.1, -0.05) is 19.8 Å². The summed E-state index contributed by atoms with van der Waals surface area (Å²) in [6, 6.07) is 0. The molecule has 0 aromatic heterocycles. The van der Waals surface area contributed by atoms with Crippen LogP contribution < -0.4 is 0 Å². The summed E-state index contributed by atoms with van der Waals surface area (Å²) >= 11 is 1.95. The lowest BCUT2D eigenvalue weighted by Crippen LogP contribution is -2.36. The van der Waals surface area contributed by atoms with Crippen LogP contribution >= 0.6 is 11.8 Å². The van der Waals surface area contributed by atoms with Crippen LogP contribution in [0.4, 0.5) is 0 Å². The summed E-state index contributed by atoms with van der Waals surface area (Å²) in [6.07, 6.45) is 8.70. The number of hydrogen-bond donors (Lipinski definition) is 0. The summed E-state index contributed by atoms with van der Waals surface area (Å²) in [4.78, 5) is 2.60. The second kappa shape index (κ2) is 10.2. The van der Waals surface area contributed by atoms with Gasteiger partial charge in [0, 0.05) is 25.5 Å². The molecule has 2 nitrogen and oxygen atoms in total. The molecule has 1 rings (SSSR count). The fourth-order valence-corrected chi connectivity index (χ4v) is 2.74. The van der Waals surface area contributed by atoms with Crippen molar-refractivity contribution in [1.82, 2.24) is 4.90 Å². The van der Waals surface area contributed by atoms with Crippen LogP contribution in [0.1, 0.15) is 39.0 Å². The van der Waals surface area contributed by atoms with Crippen LogP contribution in [0, 0.1) is 5.92 Å². The Morgan fingerprint density at radius 1 is 1.24 bits per heavy atom. The third-order valence-corrected chi connectivity index (χ3v) is 4.16. The average molecular weight is 259 g/mol. The van der Waals surface area contributed by atoms with Crippen molar-refractivity contribution in [1.29, 1.82) is 0 Å². The van der Waals surface area contributed by atoms with Crippen LogP contribution in [0.2, 0.25) is 0 Å². The summed E-state index contributed by atoms with van der Waals surface area (Å²) < 4.78 is 5.77. The summed E-state index contributed by atoms with van der Waals surface area (Å²) in [7, 11) is 0. The van der Waals surface area contributed by atoms with E-state index in [1.54, 1.807) is 0 Å². The molecular weight excluding hydrogens is 230 g/mol. The topological polar surface area (TPSA) is 12.5 Å². The minimum atomic E-state index is 0.821. The Morgan fingerprint density at radius 3 is 2.65 bits per heavy atom. The first-order valence-electron chi connectivity index (χ1n) is 7.15. The summed E-state index contributed by atoms with van der Waals surface area (Å²) in [5.41, 5.74) is 0. The third-order valence-electron chi connectivity index (χ3n) is 3.56. The second-order valence-corrected chi connectivity index (χ2v) is 6.05. The number of thioether (sulfide) groups is 1. The van der Waals surface area contributed by atoms with Crippen LogP contribution in [0.15, 0.2) is 0 Å². The first-order chi connectivity index (χ1) is 8.36. The summed E-state index contributed by atoms with van der Waals surface area (Å²) in [5.74, 6) is 2.10. The van der Waals surface area contributed by atoms with Gasteiger partial charge in [-0.15, -0.1) is 0 Å². The second-order valence-electron chi connectivity index (χ2n) is 5.06. The maximum atomic E-state index is 5.77. The van der Waals surface area contributed by atoms with Crippen LogP contribution in [0.25, 0.3) is 0 Å². The molecule has 1 saturated heterocycles. The molecule has 0 atom stereocenters. The highest BCUT2D eigenvalue weighted by Crippen LogP contribution is 2.17. The normalized spacial score (nSPS) is 18.7. The highest BCUT2D eigenvalue weighted by molar-refractivity contribution is 7.98. The molecule has 1 aliphatic rings. The molecular formula is C14H29NOS. The van der Waals surface area contributed by atoms with Gasteiger partial charge >= 0.3 is 0 Å². The van der Waals surface area contributed by atoms with Crippen molar-refractivity contribution >= 4 is 11.8 Å². The molecule has 0 radical (unpaired) electrons. The van der Waals surface area contributed by atoms with Gasteiger partial charge in [0.15, 0.2) is 0 Å².